The van der Waals surface area contributed by atoms with E-state index < -0.39 is 0 Å². The second-order valence-electron chi connectivity index (χ2n) is 6.34. The molecule has 2 N–H and O–H groups in total. The lowest BCUT2D eigenvalue weighted by atomic mass is 9.80. The number of likely N-dealkylation sites (N-methyl/N-ethyl adjacent to an activating group) is 1. The van der Waals surface area contributed by atoms with E-state index in [1.54, 1.807) is 0 Å². The van der Waals surface area contributed by atoms with Crippen molar-refractivity contribution in [2.45, 2.75) is 71.8 Å². The fourth-order valence-electron chi connectivity index (χ4n) is 3.29. The van der Waals surface area contributed by atoms with E-state index in [-0.39, 0.29) is 5.54 Å². The summed E-state index contributed by atoms with van der Waals surface area (Å²) in [7, 11) is 0. The lowest BCUT2D eigenvalue weighted by Gasteiger charge is -2.46. The van der Waals surface area contributed by atoms with Gasteiger partial charge >= 0.3 is 0 Å². The zero-order valence-electron chi connectivity index (χ0n) is 13.0. The maximum absolute atomic E-state index is 6.19. The Balaban J connectivity index is 2.70. The zero-order valence-corrected chi connectivity index (χ0v) is 13.0. The van der Waals surface area contributed by atoms with Gasteiger partial charge in [0.05, 0.1) is 0 Å². The predicted molar refractivity (Wildman–Crippen MR) is 80.7 cm³/mol. The number of nitrogens with two attached hydrogens (primary N) is 1. The predicted octanol–water partition coefficient (Wildman–Crippen LogP) is 3.65. The smallest absolute Gasteiger partial charge is 0.0331 e. The maximum atomic E-state index is 6.19. The van der Waals surface area contributed by atoms with E-state index >= 15 is 0 Å². The Hall–Kier alpha value is -0.0800. The van der Waals surface area contributed by atoms with Crippen LogP contribution in [0.2, 0.25) is 0 Å². The summed E-state index contributed by atoms with van der Waals surface area (Å²) in [5, 5.41) is 0. The van der Waals surface area contributed by atoms with E-state index in [9.17, 15) is 0 Å². The highest BCUT2D eigenvalue weighted by atomic mass is 15.2. The number of hydrogen-bond acceptors (Lipinski definition) is 2. The van der Waals surface area contributed by atoms with Gasteiger partial charge in [-0.15, -0.1) is 0 Å². The molecule has 0 bridgehead atoms. The second kappa shape index (κ2) is 7.49. The Morgan fingerprint density at radius 3 is 2.28 bits per heavy atom. The van der Waals surface area contributed by atoms with E-state index in [2.05, 4.69) is 32.6 Å². The van der Waals surface area contributed by atoms with Crippen LogP contribution in [-0.2, 0) is 0 Å². The molecule has 0 aromatic heterocycles. The van der Waals surface area contributed by atoms with E-state index in [4.69, 9.17) is 5.73 Å². The highest BCUT2D eigenvalue weighted by Gasteiger charge is 2.35. The Morgan fingerprint density at radius 1 is 1.28 bits per heavy atom. The molecule has 2 unspecified atom stereocenters. The van der Waals surface area contributed by atoms with Crippen molar-refractivity contribution < 1.29 is 0 Å². The van der Waals surface area contributed by atoms with E-state index in [0.717, 1.165) is 24.9 Å². The maximum Gasteiger partial charge on any atom is 0.0331 e. The molecule has 0 heterocycles. The Morgan fingerprint density at radius 2 is 1.94 bits per heavy atom. The Bertz CT molecular complexity index is 219. The van der Waals surface area contributed by atoms with Gasteiger partial charge in [-0.2, -0.15) is 0 Å². The van der Waals surface area contributed by atoms with Gasteiger partial charge in [-0.25, -0.2) is 0 Å². The van der Waals surface area contributed by atoms with Gasteiger partial charge in [-0.05, 0) is 44.1 Å². The van der Waals surface area contributed by atoms with Crippen LogP contribution in [0.5, 0.6) is 0 Å². The lowest BCUT2D eigenvalue weighted by Crippen LogP contribution is -2.56. The van der Waals surface area contributed by atoms with Crippen molar-refractivity contribution in [3.05, 3.63) is 0 Å². The van der Waals surface area contributed by atoms with Crippen molar-refractivity contribution in [2.75, 3.05) is 19.6 Å². The van der Waals surface area contributed by atoms with Crippen LogP contribution in [0, 0.1) is 11.8 Å². The molecule has 0 amide bonds. The van der Waals surface area contributed by atoms with E-state index in [1.165, 1.54) is 45.1 Å². The topological polar surface area (TPSA) is 29.3 Å². The summed E-state index contributed by atoms with van der Waals surface area (Å²) in [5.41, 5.74) is 6.44. The van der Waals surface area contributed by atoms with Crippen LogP contribution in [0.15, 0.2) is 0 Å². The highest BCUT2D eigenvalue weighted by Crippen LogP contribution is 2.33. The summed E-state index contributed by atoms with van der Waals surface area (Å²) in [6.07, 6.45) is 8.03. The summed E-state index contributed by atoms with van der Waals surface area (Å²) in [4.78, 5) is 2.70. The van der Waals surface area contributed by atoms with E-state index in [1.807, 2.05) is 0 Å². The van der Waals surface area contributed by atoms with Crippen molar-refractivity contribution in [2.24, 2.45) is 17.6 Å². The quantitative estimate of drug-likeness (QED) is 0.680. The number of nitrogens with zero attached hydrogens (tertiary/aromatic N) is 1. The molecular weight excluding hydrogens is 220 g/mol. The van der Waals surface area contributed by atoms with Crippen LogP contribution in [0.3, 0.4) is 0 Å². The summed E-state index contributed by atoms with van der Waals surface area (Å²) in [5.74, 6) is 1.73. The molecule has 2 nitrogen and oxygen atoms in total. The van der Waals surface area contributed by atoms with Gasteiger partial charge in [0.2, 0.25) is 0 Å². The standard InChI is InChI=1S/C16H34N2/c1-5-14(4)11-16(6-2,13-17)18(7-3)12-15-9-8-10-15/h14-15H,5-13,17H2,1-4H3. The van der Waals surface area contributed by atoms with Crippen molar-refractivity contribution in [1.82, 2.24) is 4.90 Å². The second-order valence-corrected chi connectivity index (χ2v) is 6.34. The average molecular weight is 254 g/mol. The van der Waals surface area contributed by atoms with Crippen LogP contribution in [0.4, 0.5) is 0 Å². The molecule has 2 heteroatoms. The normalized spacial score (nSPS) is 21.7. The van der Waals surface area contributed by atoms with Crippen LogP contribution in [-0.4, -0.2) is 30.1 Å². The SMILES string of the molecule is CCC(C)CC(CC)(CN)N(CC)CC1CCC1. The molecule has 0 aliphatic heterocycles. The minimum atomic E-state index is 0.250. The zero-order chi connectivity index (χ0) is 13.6. The molecule has 18 heavy (non-hydrogen) atoms. The van der Waals surface area contributed by atoms with Gasteiger partial charge < -0.3 is 5.73 Å². The van der Waals surface area contributed by atoms with Crippen molar-refractivity contribution in [3.63, 3.8) is 0 Å². The summed E-state index contributed by atoms with van der Waals surface area (Å²) in [6, 6.07) is 0. The molecule has 1 aliphatic carbocycles. The van der Waals surface area contributed by atoms with Crippen molar-refractivity contribution >= 4 is 0 Å². The summed E-state index contributed by atoms with van der Waals surface area (Å²) in [6.45, 7) is 12.5. The van der Waals surface area contributed by atoms with Crippen LogP contribution in [0.1, 0.15) is 66.2 Å². The summed E-state index contributed by atoms with van der Waals surface area (Å²) >= 11 is 0. The van der Waals surface area contributed by atoms with Crippen LogP contribution in [0.25, 0.3) is 0 Å². The molecular formula is C16H34N2. The molecule has 1 fully saturated rings. The first kappa shape index (κ1) is 16.0. The number of hydrogen-bond donors (Lipinski definition) is 1. The molecule has 2 atom stereocenters. The third kappa shape index (κ3) is 3.71. The highest BCUT2D eigenvalue weighted by molar-refractivity contribution is 4.93. The summed E-state index contributed by atoms with van der Waals surface area (Å²) < 4.78 is 0. The molecule has 0 saturated heterocycles. The largest absolute Gasteiger partial charge is 0.329 e. The number of rotatable bonds is 9. The molecule has 0 radical (unpaired) electrons. The lowest BCUT2D eigenvalue weighted by molar-refractivity contribution is 0.0416. The third-order valence-corrected chi connectivity index (χ3v) is 5.22. The monoisotopic (exact) mass is 254 g/mol. The molecule has 0 aromatic carbocycles. The van der Waals surface area contributed by atoms with Crippen LogP contribution >= 0.6 is 0 Å². The Kier molecular flexibility index (Phi) is 6.65. The van der Waals surface area contributed by atoms with Gasteiger partial charge in [0.25, 0.3) is 0 Å². The van der Waals surface area contributed by atoms with Gasteiger partial charge in [-0.1, -0.05) is 40.5 Å². The first-order chi connectivity index (χ1) is 8.61. The minimum absolute atomic E-state index is 0.250. The molecule has 1 saturated carbocycles. The Labute approximate surface area is 114 Å². The molecule has 108 valence electrons. The first-order valence-electron chi connectivity index (χ1n) is 8.06. The van der Waals surface area contributed by atoms with Crippen molar-refractivity contribution in [3.8, 4) is 0 Å². The minimum Gasteiger partial charge on any atom is -0.329 e. The molecule has 1 rings (SSSR count). The van der Waals surface area contributed by atoms with Gasteiger partial charge in [0, 0.05) is 18.6 Å². The molecule has 1 aliphatic rings. The average Bonchev–Trinajstić information content (AvgIpc) is 2.35. The fourth-order valence-corrected chi connectivity index (χ4v) is 3.29. The van der Waals surface area contributed by atoms with Gasteiger partial charge in [0.15, 0.2) is 0 Å². The molecule has 0 spiro atoms. The van der Waals surface area contributed by atoms with Gasteiger partial charge in [-0.3, -0.25) is 4.90 Å². The van der Waals surface area contributed by atoms with Crippen LogP contribution < -0.4 is 5.73 Å². The fraction of sp³-hybridized carbons (Fsp3) is 1.00. The first-order valence-corrected chi connectivity index (χ1v) is 8.06. The van der Waals surface area contributed by atoms with E-state index in [0.29, 0.717) is 0 Å². The molecule has 0 aromatic rings. The third-order valence-electron chi connectivity index (χ3n) is 5.22. The van der Waals surface area contributed by atoms with Gasteiger partial charge in [0.1, 0.15) is 0 Å². The van der Waals surface area contributed by atoms with Crippen molar-refractivity contribution in [1.29, 1.82) is 0 Å².